The zero-order valence-corrected chi connectivity index (χ0v) is 42.5. The standard InChI is InChI=1S/C52H79N5O12/c1-31-16-12-11-13-17-32(2)43(65-8)28-39-21-19-33(3)49(61)52(64,69-39)51(63)56-23-15-14-18-41(56)50(62)68-44(35(5)26-38-20-22-40(45(27-38)66-9)57-30-53-54-55-57)29-42(58)34(4)25-37(7)47(60)48(67-10)46(59)36(6)24-31/h11-13,16-17,25,30-31,33-36,38-41,43-45,47-48,60,64H,14-15,18-24,26-29H2,1-10H3/b13-11+,16-12+,32-17+,37-25+/t31-,33-,34-,35-,36+,38+,39?,40+,41?,43+,44+,45-,47-,48+,52?/m1/s1. The van der Waals surface area contributed by atoms with Crippen molar-refractivity contribution in [1.82, 2.24) is 25.1 Å². The first kappa shape index (κ1) is 55.7. The Balaban J connectivity index is 1.49. The Morgan fingerprint density at radius 2 is 1.62 bits per heavy atom. The van der Waals surface area contributed by atoms with E-state index in [0.29, 0.717) is 50.5 Å². The summed E-state index contributed by atoms with van der Waals surface area (Å²) in [6, 6.07) is -1.21. The van der Waals surface area contributed by atoms with Gasteiger partial charge in [-0.15, -0.1) is 5.10 Å². The fraction of sp³-hybridized carbons (Fsp3) is 0.731. The number of aliphatic hydroxyl groups excluding tert-OH is 1. The molecule has 69 heavy (non-hydrogen) atoms. The predicted molar refractivity (Wildman–Crippen MR) is 256 cm³/mol. The Hall–Kier alpha value is -4.26. The fourth-order valence-electron chi connectivity index (χ4n) is 10.7. The van der Waals surface area contributed by atoms with Crippen LogP contribution in [0.15, 0.2) is 53.9 Å². The molecule has 3 fully saturated rings. The van der Waals surface area contributed by atoms with Crippen LogP contribution >= 0.6 is 0 Å². The molecule has 0 radical (unpaired) electrons. The smallest absolute Gasteiger partial charge is 0.329 e. The number of tetrazole rings is 1. The lowest BCUT2D eigenvalue weighted by Gasteiger charge is -2.40. The van der Waals surface area contributed by atoms with Gasteiger partial charge in [0.2, 0.25) is 5.78 Å². The first-order valence-electron chi connectivity index (χ1n) is 25.0. The van der Waals surface area contributed by atoms with E-state index in [9.17, 15) is 34.2 Å². The summed E-state index contributed by atoms with van der Waals surface area (Å²) in [5.74, 6) is -7.98. The van der Waals surface area contributed by atoms with Crippen LogP contribution in [0.3, 0.4) is 0 Å². The summed E-state index contributed by atoms with van der Waals surface area (Å²) in [4.78, 5) is 72.6. The van der Waals surface area contributed by atoms with Gasteiger partial charge in [0.05, 0.1) is 24.4 Å². The molecule has 3 aliphatic heterocycles. The van der Waals surface area contributed by atoms with E-state index < -0.39 is 77.8 Å². The molecule has 1 aromatic heterocycles. The van der Waals surface area contributed by atoms with Gasteiger partial charge in [0.25, 0.3) is 5.91 Å². The first-order valence-corrected chi connectivity index (χ1v) is 25.0. The highest BCUT2D eigenvalue weighted by molar-refractivity contribution is 6.09. The molecule has 0 spiro atoms. The number of nitrogens with zero attached hydrogens (tertiary/aromatic N) is 5. The Kier molecular flexibility index (Phi) is 20.8. The average molecular weight is 966 g/mol. The van der Waals surface area contributed by atoms with Crippen molar-refractivity contribution in [3.63, 3.8) is 0 Å². The van der Waals surface area contributed by atoms with Gasteiger partial charge in [-0.2, -0.15) is 0 Å². The molecule has 0 aromatic carbocycles. The van der Waals surface area contributed by atoms with E-state index in [0.717, 1.165) is 18.4 Å². The zero-order chi connectivity index (χ0) is 50.6. The number of Topliss-reactive ketones (excluding diaryl/α,β-unsaturated/α-hetero) is 3. The third-order valence-corrected chi connectivity index (χ3v) is 15.1. The van der Waals surface area contributed by atoms with Crippen molar-refractivity contribution in [3.8, 4) is 0 Å². The van der Waals surface area contributed by atoms with Crippen LogP contribution < -0.4 is 0 Å². The number of hydrogen-bond donors (Lipinski definition) is 2. The van der Waals surface area contributed by atoms with Gasteiger partial charge < -0.3 is 38.8 Å². The van der Waals surface area contributed by atoms with E-state index in [-0.39, 0.29) is 67.3 Å². The van der Waals surface area contributed by atoms with Crippen molar-refractivity contribution in [2.24, 2.45) is 35.5 Å². The molecule has 2 bridgehead atoms. The van der Waals surface area contributed by atoms with Crippen LogP contribution in [0.2, 0.25) is 0 Å². The molecular formula is C52H79N5O12. The van der Waals surface area contributed by atoms with Gasteiger partial charge in [-0.1, -0.05) is 71.1 Å². The summed E-state index contributed by atoms with van der Waals surface area (Å²) in [5.41, 5.74) is 1.24. The molecule has 1 saturated carbocycles. The Bertz CT molecular complexity index is 2020. The molecule has 4 heterocycles. The summed E-state index contributed by atoms with van der Waals surface area (Å²) in [5, 5.41) is 35.4. The number of carbonyl (C=O) groups is 5. The molecule has 4 aliphatic rings. The van der Waals surface area contributed by atoms with Gasteiger partial charge in [-0.05, 0) is 117 Å². The summed E-state index contributed by atoms with van der Waals surface area (Å²) >= 11 is 0. The summed E-state index contributed by atoms with van der Waals surface area (Å²) in [7, 11) is 4.61. The maximum absolute atomic E-state index is 14.7. The number of cyclic esters (lactones) is 1. The van der Waals surface area contributed by atoms with Crippen molar-refractivity contribution in [1.29, 1.82) is 0 Å². The number of rotatable bonds is 7. The van der Waals surface area contributed by atoms with Gasteiger partial charge in [0.15, 0.2) is 5.78 Å². The lowest BCUT2D eigenvalue weighted by Crippen LogP contribution is -2.62. The number of hydrogen-bond acceptors (Lipinski definition) is 15. The molecule has 384 valence electrons. The number of aromatic nitrogens is 4. The van der Waals surface area contributed by atoms with Crippen LogP contribution in [-0.2, 0) is 47.7 Å². The maximum atomic E-state index is 14.7. The van der Waals surface area contributed by atoms with Gasteiger partial charge in [-0.3, -0.25) is 19.2 Å². The third kappa shape index (κ3) is 14.2. The fourth-order valence-corrected chi connectivity index (χ4v) is 10.7. The highest BCUT2D eigenvalue weighted by atomic mass is 16.6. The number of methoxy groups -OCH3 is 3. The number of amides is 1. The van der Waals surface area contributed by atoms with Crippen LogP contribution in [0.25, 0.3) is 0 Å². The second-order valence-corrected chi connectivity index (χ2v) is 20.4. The number of aliphatic hydroxyl groups is 2. The quantitative estimate of drug-likeness (QED) is 0.181. The highest BCUT2D eigenvalue weighted by Gasteiger charge is 2.55. The molecule has 1 aliphatic carbocycles. The third-order valence-electron chi connectivity index (χ3n) is 15.1. The molecule has 17 nitrogen and oxygen atoms in total. The molecular weight excluding hydrogens is 887 g/mol. The van der Waals surface area contributed by atoms with Crippen molar-refractivity contribution in [2.75, 3.05) is 27.9 Å². The second-order valence-electron chi connectivity index (χ2n) is 20.4. The maximum Gasteiger partial charge on any atom is 0.329 e. The molecule has 1 amide bonds. The van der Waals surface area contributed by atoms with Crippen molar-refractivity contribution in [3.05, 3.63) is 53.9 Å². The molecule has 2 saturated heterocycles. The highest BCUT2D eigenvalue weighted by Crippen LogP contribution is 2.39. The van der Waals surface area contributed by atoms with Crippen LogP contribution in [0, 0.1) is 35.5 Å². The summed E-state index contributed by atoms with van der Waals surface area (Å²) < 4.78 is 31.7. The van der Waals surface area contributed by atoms with Crippen LogP contribution in [0.1, 0.15) is 132 Å². The molecule has 17 heteroatoms. The Morgan fingerprint density at radius 3 is 2.30 bits per heavy atom. The lowest BCUT2D eigenvalue weighted by atomic mass is 9.77. The van der Waals surface area contributed by atoms with Crippen molar-refractivity contribution >= 4 is 29.2 Å². The van der Waals surface area contributed by atoms with Crippen LogP contribution in [-0.4, -0.2) is 141 Å². The topological polar surface area (TPSA) is 219 Å². The Labute approximate surface area is 408 Å². The van der Waals surface area contributed by atoms with E-state index in [4.69, 9.17) is 23.7 Å². The molecule has 1 aromatic rings. The van der Waals surface area contributed by atoms with Gasteiger partial charge >= 0.3 is 11.8 Å². The number of fused-ring (bicyclic) bond motifs is 3. The number of carbonyl (C=O) groups excluding carboxylic acids is 5. The predicted octanol–water partition coefficient (Wildman–Crippen LogP) is 6.05. The lowest BCUT2D eigenvalue weighted by molar-refractivity contribution is -0.231. The minimum Gasteiger partial charge on any atom is -0.460 e. The van der Waals surface area contributed by atoms with E-state index in [1.807, 2.05) is 58.1 Å². The molecule has 15 atom stereocenters. The van der Waals surface area contributed by atoms with E-state index >= 15 is 0 Å². The van der Waals surface area contributed by atoms with Gasteiger partial charge in [0.1, 0.15) is 36.5 Å². The number of esters is 1. The van der Waals surface area contributed by atoms with E-state index in [1.165, 1.54) is 12.0 Å². The largest absolute Gasteiger partial charge is 0.460 e. The van der Waals surface area contributed by atoms with Crippen LogP contribution in [0.5, 0.6) is 0 Å². The first-order chi connectivity index (χ1) is 32.8. The van der Waals surface area contributed by atoms with Crippen LogP contribution in [0.4, 0.5) is 0 Å². The van der Waals surface area contributed by atoms with E-state index in [1.54, 1.807) is 52.1 Å². The van der Waals surface area contributed by atoms with Gasteiger partial charge in [-0.25, -0.2) is 9.48 Å². The molecule has 2 N–H and O–H groups in total. The monoisotopic (exact) mass is 966 g/mol. The molecule has 5 rings (SSSR count). The Morgan fingerprint density at radius 1 is 0.870 bits per heavy atom. The molecule has 3 unspecified atom stereocenters. The second kappa shape index (κ2) is 25.7. The normalized spacial score (nSPS) is 38.8. The number of ether oxygens (including phenoxy) is 5. The number of allylic oxidation sites excluding steroid dienone is 6. The van der Waals surface area contributed by atoms with Gasteiger partial charge in [0, 0.05) is 58.5 Å². The summed E-state index contributed by atoms with van der Waals surface area (Å²) in [6.07, 6.45) is 13.4. The minimum absolute atomic E-state index is 0.0124. The number of piperidine rings is 1. The van der Waals surface area contributed by atoms with E-state index in [2.05, 4.69) is 15.5 Å². The zero-order valence-electron chi connectivity index (χ0n) is 42.5. The van der Waals surface area contributed by atoms with Crippen molar-refractivity contribution < 1.29 is 57.9 Å². The summed E-state index contributed by atoms with van der Waals surface area (Å²) in [6.45, 7) is 12.8. The average Bonchev–Trinajstić information content (AvgIpc) is 3.85. The minimum atomic E-state index is -2.86. The van der Waals surface area contributed by atoms with Crippen molar-refractivity contribution in [2.45, 2.75) is 180 Å². The number of ketones is 3. The SMILES string of the molecule is CO[C@H]1CC2CC[C@@H](C)C(=O)C(O)(O2)C(=O)N2CCCCC2C(=O)O[C@H]([C@H](C)C[C@@H]2CC[C@H](n3cnnn3)[C@H](OC)C2)CC(=O)[C@H](C)/C=C(\C)[C@@H](O)[C@@H](OC)C(=O)[C@@H](C)C[C@H](C)/C=C/C=C/C=C/1C.